The first kappa shape index (κ1) is 18.2. The zero-order valence-corrected chi connectivity index (χ0v) is 15.0. The minimum atomic E-state index is -0.283. The Bertz CT molecular complexity index is 719. The highest BCUT2D eigenvalue weighted by molar-refractivity contribution is 6.01. The third-order valence-corrected chi connectivity index (χ3v) is 4.66. The standard InChI is InChI=1S/C18H27N3O3/c1-5-6-8-21-17(23)14-10-20(12(4)22)9-7-13(14)15(18(21)24)16(19)11(2)3/h11,19,23H,5-10H2,1-4H3. The highest BCUT2D eigenvalue weighted by Crippen LogP contribution is 2.29. The summed E-state index contributed by atoms with van der Waals surface area (Å²) < 4.78 is 1.37. The number of aromatic hydroxyl groups is 1. The maximum atomic E-state index is 12.9. The molecule has 0 radical (unpaired) electrons. The quantitative estimate of drug-likeness (QED) is 0.811. The van der Waals surface area contributed by atoms with E-state index in [1.807, 2.05) is 20.8 Å². The van der Waals surface area contributed by atoms with Gasteiger partial charge in [0.25, 0.3) is 5.56 Å². The molecule has 0 atom stereocenters. The zero-order valence-electron chi connectivity index (χ0n) is 15.0. The van der Waals surface area contributed by atoms with Crippen molar-refractivity contribution in [3.8, 4) is 5.88 Å². The maximum Gasteiger partial charge on any atom is 0.262 e. The average molecular weight is 333 g/mol. The summed E-state index contributed by atoms with van der Waals surface area (Å²) in [6, 6.07) is 0. The van der Waals surface area contributed by atoms with E-state index in [4.69, 9.17) is 5.41 Å². The topological polar surface area (TPSA) is 86.4 Å². The second kappa shape index (κ2) is 7.20. The summed E-state index contributed by atoms with van der Waals surface area (Å²) >= 11 is 0. The van der Waals surface area contributed by atoms with E-state index in [2.05, 4.69) is 0 Å². The summed E-state index contributed by atoms with van der Waals surface area (Å²) in [5.41, 5.74) is 1.79. The Kier molecular flexibility index (Phi) is 5.47. The predicted octanol–water partition coefficient (Wildman–Crippen LogP) is 2.28. The van der Waals surface area contributed by atoms with Gasteiger partial charge >= 0.3 is 0 Å². The van der Waals surface area contributed by atoms with Gasteiger partial charge in [-0.1, -0.05) is 27.2 Å². The number of pyridine rings is 1. The van der Waals surface area contributed by atoms with Crippen LogP contribution in [0.3, 0.4) is 0 Å². The van der Waals surface area contributed by atoms with Gasteiger partial charge in [0.2, 0.25) is 5.91 Å². The highest BCUT2D eigenvalue weighted by Gasteiger charge is 2.29. The molecule has 0 fully saturated rings. The fraction of sp³-hybridized carbons (Fsp3) is 0.611. The number of amides is 1. The third-order valence-electron chi connectivity index (χ3n) is 4.66. The molecule has 24 heavy (non-hydrogen) atoms. The van der Waals surface area contributed by atoms with Crippen LogP contribution in [0.15, 0.2) is 4.79 Å². The molecule has 0 unspecified atom stereocenters. The maximum absolute atomic E-state index is 12.9. The first-order valence-corrected chi connectivity index (χ1v) is 8.61. The number of hydrogen-bond acceptors (Lipinski definition) is 4. The third kappa shape index (κ3) is 3.23. The molecule has 2 N–H and O–H groups in total. The van der Waals surface area contributed by atoms with Crippen LogP contribution < -0.4 is 5.56 Å². The first-order valence-electron chi connectivity index (χ1n) is 8.61. The van der Waals surface area contributed by atoms with Crippen LogP contribution in [-0.2, 0) is 24.3 Å². The summed E-state index contributed by atoms with van der Waals surface area (Å²) in [6.45, 7) is 8.54. The van der Waals surface area contributed by atoms with Crippen molar-refractivity contribution in [1.29, 1.82) is 5.41 Å². The van der Waals surface area contributed by atoms with E-state index in [1.54, 1.807) is 4.90 Å². The van der Waals surface area contributed by atoms with Crippen molar-refractivity contribution in [3.05, 3.63) is 27.0 Å². The van der Waals surface area contributed by atoms with Crippen LogP contribution in [0.2, 0.25) is 0 Å². The van der Waals surface area contributed by atoms with Crippen LogP contribution in [0.1, 0.15) is 57.2 Å². The first-order chi connectivity index (χ1) is 11.3. The molecule has 1 aromatic heterocycles. The largest absolute Gasteiger partial charge is 0.494 e. The Morgan fingerprint density at radius 3 is 2.54 bits per heavy atom. The number of nitrogens with zero attached hydrogens (tertiary/aromatic N) is 2. The predicted molar refractivity (Wildman–Crippen MR) is 93.7 cm³/mol. The molecule has 0 saturated heterocycles. The average Bonchev–Trinajstić information content (AvgIpc) is 2.54. The van der Waals surface area contributed by atoms with E-state index < -0.39 is 0 Å². The molecule has 2 heterocycles. The Hall–Kier alpha value is -2.11. The monoisotopic (exact) mass is 333 g/mol. The van der Waals surface area contributed by atoms with Crippen molar-refractivity contribution in [2.45, 2.75) is 60.0 Å². The smallest absolute Gasteiger partial charge is 0.262 e. The molecule has 0 saturated carbocycles. The Labute approximate surface area is 142 Å². The molecule has 1 aliphatic rings. The number of carbonyl (C=O) groups is 1. The van der Waals surface area contributed by atoms with Crippen LogP contribution in [0, 0.1) is 11.3 Å². The number of nitrogens with one attached hydrogen (secondary N) is 1. The molecule has 2 rings (SSSR count). The van der Waals surface area contributed by atoms with Gasteiger partial charge in [-0.05, 0) is 24.3 Å². The Balaban J connectivity index is 2.67. The van der Waals surface area contributed by atoms with Crippen molar-refractivity contribution < 1.29 is 9.90 Å². The van der Waals surface area contributed by atoms with Crippen LogP contribution in [0.5, 0.6) is 5.88 Å². The van der Waals surface area contributed by atoms with Gasteiger partial charge in [-0.3, -0.25) is 14.2 Å². The number of hydrogen-bond donors (Lipinski definition) is 2. The molecule has 0 aromatic carbocycles. The molecule has 6 nitrogen and oxygen atoms in total. The summed E-state index contributed by atoms with van der Waals surface area (Å²) in [6.07, 6.45) is 2.17. The lowest BCUT2D eigenvalue weighted by atomic mass is 9.90. The van der Waals surface area contributed by atoms with Gasteiger partial charge in [-0.25, -0.2) is 0 Å². The van der Waals surface area contributed by atoms with Gasteiger partial charge in [0, 0.05) is 31.3 Å². The lowest BCUT2D eigenvalue weighted by Gasteiger charge is -2.31. The molecule has 1 amide bonds. The minimum absolute atomic E-state index is 0.0466. The van der Waals surface area contributed by atoms with Crippen molar-refractivity contribution in [3.63, 3.8) is 0 Å². The molecule has 1 aliphatic heterocycles. The number of unbranched alkanes of at least 4 members (excludes halogenated alkanes) is 1. The summed E-state index contributed by atoms with van der Waals surface area (Å²) in [5.74, 6) is -0.168. The lowest BCUT2D eigenvalue weighted by Crippen LogP contribution is -2.39. The van der Waals surface area contributed by atoms with Gasteiger partial charge in [-0.15, -0.1) is 0 Å². The van der Waals surface area contributed by atoms with Gasteiger partial charge in [-0.2, -0.15) is 0 Å². The molecular weight excluding hydrogens is 306 g/mol. The fourth-order valence-electron chi connectivity index (χ4n) is 3.13. The number of carbonyl (C=O) groups excluding carboxylic acids is 1. The van der Waals surface area contributed by atoms with Crippen LogP contribution in [0.25, 0.3) is 0 Å². The fourth-order valence-corrected chi connectivity index (χ4v) is 3.13. The molecule has 132 valence electrons. The number of fused-ring (bicyclic) bond motifs is 1. The van der Waals surface area contributed by atoms with Crippen LogP contribution in [0.4, 0.5) is 0 Å². The summed E-state index contributed by atoms with van der Waals surface area (Å²) in [4.78, 5) is 26.3. The zero-order chi connectivity index (χ0) is 18.0. The van der Waals surface area contributed by atoms with Gasteiger partial charge < -0.3 is 15.4 Å². The van der Waals surface area contributed by atoms with Gasteiger partial charge in [0.1, 0.15) is 0 Å². The van der Waals surface area contributed by atoms with Gasteiger partial charge in [0.05, 0.1) is 12.1 Å². The molecule has 1 aromatic rings. The van der Waals surface area contributed by atoms with Crippen molar-refractivity contribution >= 4 is 11.6 Å². The van der Waals surface area contributed by atoms with Crippen LogP contribution >= 0.6 is 0 Å². The number of aromatic nitrogens is 1. The molecule has 0 aliphatic carbocycles. The molecular formula is C18H27N3O3. The van der Waals surface area contributed by atoms with Crippen molar-refractivity contribution in [2.24, 2.45) is 5.92 Å². The van der Waals surface area contributed by atoms with Crippen LogP contribution in [-0.4, -0.2) is 32.7 Å². The van der Waals surface area contributed by atoms with E-state index in [0.717, 1.165) is 18.4 Å². The van der Waals surface area contributed by atoms with Crippen molar-refractivity contribution in [2.75, 3.05) is 6.54 Å². The van der Waals surface area contributed by atoms with Crippen molar-refractivity contribution in [1.82, 2.24) is 9.47 Å². The van der Waals surface area contributed by atoms with E-state index in [0.29, 0.717) is 42.9 Å². The highest BCUT2D eigenvalue weighted by atomic mass is 16.3. The normalized spacial score (nSPS) is 14.0. The van der Waals surface area contributed by atoms with E-state index in [9.17, 15) is 14.7 Å². The Morgan fingerprint density at radius 1 is 1.33 bits per heavy atom. The number of rotatable bonds is 5. The SMILES string of the molecule is CCCCn1c(O)c2c(c(C(=N)C(C)C)c1=O)CCN(C(C)=O)C2. The molecule has 0 bridgehead atoms. The van der Waals surface area contributed by atoms with E-state index >= 15 is 0 Å². The minimum Gasteiger partial charge on any atom is -0.494 e. The summed E-state index contributed by atoms with van der Waals surface area (Å²) in [5, 5.41) is 19.0. The second-order valence-electron chi connectivity index (χ2n) is 6.73. The molecule has 0 spiro atoms. The lowest BCUT2D eigenvalue weighted by molar-refractivity contribution is -0.129. The van der Waals surface area contributed by atoms with E-state index in [-0.39, 0.29) is 23.3 Å². The second-order valence-corrected chi connectivity index (χ2v) is 6.73. The van der Waals surface area contributed by atoms with E-state index in [1.165, 1.54) is 11.5 Å². The van der Waals surface area contributed by atoms with Gasteiger partial charge in [0.15, 0.2) is 5.88 Å². The molecule has 6 heteroatoms. The Morgan fingerprint density at radius 2 is 2.00 bits per heavy atom. The summed E-state index contributed by atoms with van der Waals surface area (Å²) in [7, 11) is 0.